The van der Waals surface area contributed by atoms with Crippen LogP contribution < -0.4 is 19.9 Å². The molecule has 2 aromatic rings. The average Bonchev–Trinajstić information content (AvgIpc) is 2.48. The van der Waals surface area contributed by atoms with Crippen molar-refractivity contribution < 1.29 is 14.2 Å². The van der Waals surface area contributed by atoms with Gasteiger partial charge in [-0.25, -0.2) is 0 Å². The van der Waals surface area contributed by atoms with Crippen molar-refractivity contribution in [2.75, 3.05) is 19.5 Å². The van der Waals surface area contributed by atoms with E-state index in [1.807, 2.05) is 43.3 Å². The maximum absolute atomic E-state index is 6.06. The summed E-state index contributed by atoms with van der Waals surface area (Å²) in [6.45, 7) is 2.68. The number of methoxy groups -OCH3 is 1. The van der Waals surface area contributed by atoms with Gasteiger partial charge in [-0.3, -0.25) is 0 Å². The second-order valence-electron chi connectivity index (χ2n) is 4.30. The summed E-state index contributed by atoms with van der Waals surface area (Å²) >= 11 is 0. The number of para-hydroxylation sites is 1. The van der Waals surface area contributed by atoms with E-state index in [1.54, 1.807) is 13.2 Å². The first-order valence-corrected chi connectivity index (χ1v) is 6.57. The van der Waals surface area contributed by atoms with Gasteiger partial charge in [0.1, 0.15) is 22.9 Å². The fourth-order valence-corrected chi connectivity index (χ4v) is 1.74. The van der Waals surface area contributed by atoms with Crippen LogP contribution >= 0.6 is 0 Å². The van der Waals surface area contributed by atoms with Gasteiger partial charge in [0.15, 0.2) is 5.75 Å². The molecule has 0 spiro atoms. The minimum absolute atomic E-state index is 0.503. The largest absolute Gasteiger partial charge is 0.497 e. The Bertz CT molecular complexity index is 569. The topological polar surface area (TPSA) is 53.7 Å². The molecule has 0 bridgehead atoms. The quantitative estimate of drug-likeness (QED) is 0.812. The summed E-state index contributed by atoms with van der Waals surface area (Å²) in [5.74, 6) is 2.63. The van der Waals surface area contributed by atoms with Crippen LogP contribution in [0.5, 0.6) is 23.0 Å². The van der Waals surface area contributed by atoms with Crippen LogP contribution in [-0.2, 0) is 0 Å². The number of nitrogens with two attached hydrogens (primary N) is 1. The van der Waals surface area contributed by atoms with Gasteiger partial charge in [-0.2, -0.15) is 0 Å². The Kier molecular flexibility index (Phi) is 4.71. The molecule has 0 unspecified atom stereocenters. The van der Waals surface area contributed by atoms with E-state index in [-0.39, 0.29) is 0 Å². The number of benzene rings is 2. The predicted molar refractivity (Wildman–Crippen MR) is 79.7 cm³/mol. The van der Waals surface area contributed by atoms with Crippen LogP contribution in [0.25, 0.3) is 0 Å². The molecule has 0 amide bonds. The van der Waals surface area contributed by atoms with Crippen LogP contribution in [0.3, 0.4) is 0 Å². The van der Waals surface area contributed by atoms with Crippen molar-refractivity contribution in [1.82, 2.24) is 0 Å². The van der Waals surface area contributed by atoms with Gasteiger partial charge in [-0.1, -0.05) is 19.1 Å². The molecule has 4 nitrogen and oxygen atoms in total. The molecule has 0 saturated heterocycles. The summed E-state index contributed by atoms with van der Waals surface area (Å²) in [4.78, 5) is 0. The number of rotatable bonds is 6. The van der Waals surface area contributed by atoms with E-state index in [9.17, 15) is 0 Å². The summed E-state index contributed by atoms with van der Waals surface area (Å²) in [5.41, 5.74) is 6.56. The zero-order valence-electron chi connectivity index (χ0n) is 11.8. The molecule has 0 aromatic heterocycles. The monoisotopic (exact) mass is 273 g/mol. The van der Waals surface area contributed by atoms with Gasteiger partial charge in [0.25, 0.3) is 0 Å². The number of hydrogen-bond acceptors (Lipinski definition) is 4. The maximum Gasteiger partial charge on any atom is 0.154 e. The van der Waals surface area contributed by atoms with Crippen molar-refractivity contribution >= 4 is 5.69 Å². The lowest BCUT2D eigenvalue weighted by atomic mass is 10.2. The SMILES string of the molecule is CCCOc1cccc(Oc2cccc(OC)c2)c1N. The third-order valence-corrected chi connectivity index (χ3v) is 2.76. The van der Waals surface area contributed by atoms with Gasteiger partial charge in [0.2, 0.25) is 0 Å². The summed E-state index contributed by atoms with van der Waals surface area (Å²) in [6.07, 6.45) is 0.931. The van der Waals surface area contributed by atoms with E-state index in [4.69, 9.17) is 19.9 Å². The van der Waals surface area contributed by atoms with Crippen LogP contribution in [0.2, 0.25) is 0 Å². The molecule has 4 heteroatoms. The molecular weight excluding hydrogens is 254 g/mol. The molecule has 2 aromatic carbocycles. The number of ether oxygens (including phenoxy) is 3. The minimum atomic E-state index is 0.503. The molecule has 2 N–H and O–H groups in total. The normalized spacial score (nSPS) is 10.1. The van der Waals surface area contributed by atoms with Gasteiger partial charge in [0.05, 0.1) is 13.7 Å². The zero-order chi connectivity index (χ0) is 14.4. The molecule has 2 rings (SSSR count). The fourth-order valence-electron chi connectivity index (χ4n) is 1.74. The Hall–Kier alpha value is -2.36. The average molecular weight is 273 g/mol. The van der Waals surface area contributed by atoms with Gasteiger partial charge in [-0.05, 0) is 30.7 Å². The number of nitrogen functional groups attached to an aromatic ring is 1. The highest BCUT2D eigenvalue weighted by molar-refractivity contribution is 5.63. The van der Waals surface area contributed by atoms with Crippen molar-refractivity contribution in [2.45, 2.75) is 13.3 Å². The Morgan fingerprint density at radius 3 is 2.45 bits per heavy atom. The second-order valence-corrected chi connectivity index (χ2v) is 4.30. The third-order valence-electron chi connectivity index (χ3n) is 2.76. The van der Waals surface area contributed by atoms with E-state index >= 15 is 0 Å². The third kappa shape index (κ3) is 3.35. The van der Waals surface area contributed by atoms with E-state index in [1.165, 1.54) is 0 Å². The van der Waals surface area contributed by atoms with Crippen molar-refractivity contribution in [1.29, 1.82) is 0 Å². The molecule has 20 heavy (non-hydrogen) atoms. The number of anilines is 1. The van der Waals surface area contributed by atoms with Crippen LogP contribution in [0.15, 0.2) is 42.5 Å². The maximum atomic E-state index is 6.06. The van der Waals surface area contributed by atoms with Crippen LogP contribution in [0.1, 0.15) is 13.3 Å². The van der Waals surface area contributed by atoms with Crippen molar-refractivity contribution in [2.24, 2.45) is 0 Å². The van der Waals surface area contributed by atoms with E-state index < -0.39 is 0 Å². The van der Waals surface area contributed by atoms with Crippen LogP contribution in [0, 0.1) is 0 Å². The van der Waals surface area contributed by atoms with Crippen LogP contribution in [-0.4, -0.2) is 13.7 Å². The summed E-state index contributed by atoms with van der Waals surface area (Å²) in [6, 6.07) is 12.9. The zero-order valence-corrected chi connectivity index (χ0v) is 11.8. The first kappa shape index (κ1) is 14.1. The molecule has 0 radical (unpaired) electrons. The molecular formula is C16H19NO3. The lowest BCUT2D eigenvalue weighted by Gasteiger charge is -2.13. The smallest absolute Gasteiger partial charge is 0.154 e. The van der Waals surface area contributed by atoms with Gasteiger partial charge in [-0.15, -0.1) is 0 Å². The first-order chi connectivity index (χ1) is 9.74. The minimum Gasteiger partial charge on any atom is -0.497 e. The molecule has 0 saturated carbocycles. The van der Waals surface area contributed by atoms with Crippen LogP contribution in [0.4, 0.5) is 5.69 Å². The highest BCUT2D eigenvalue weighted by Crippen LogP contribution is 2.35. The van der Waals surface area contributed by atoms with E-state index in [0.29, 0.717) is 29.5 Å². The molecule has 0 aliphatic carbocycles. The lowest BCUT2D eigenvalue weighted by Crippen LogP contribution is -2.00. The molecule has 0 atom stereocenters. The number of hydrogen-bond donors (Lipinski definition) is 1. The molecule has 0 aliphatic heterocycles. The van der Waals surface area contributed by atoms with Crippen molar-refractivity contribution in [3.05, 3.63) is 42.5 Å². The molecule has 0 heterocycles. The predicted octanol–water partition coefficient (Wildman–Crippen LogP) is 3.86. The van der Waals surface area contributed by atoms with Gasteiger partial charge >= 0.3 is 0 Å². The fraction of sp³-hybridized carbons (Fsp3) is 0.250. The standard InChI is InChI=1S/C16H19NO3/c1-3-10-19-14-8-5-9-15(16(14)17)20-13-7-4-6-12(11-13)18-2/h4-9,11H,3,10,17H2,1-2H3. The summed E-state index contributed by atoms with van der Waals surface area (Å²) < 4.78 is 16.5. The van der Waals surface area contributed by atoms with Crippen molar-refractivity contribution in [3.8, 4) is 23.0 Å². The first-order valence-electron chi connectivity index (χ1n) is 6.57. The summed E-state index contributed by atoms with van der Waals surface area (Å²) in [7, 11) is 1.62. The van der Waals surface area contributed by atoms with E-state index in [2.05, 4.69) is 0 Å². The van der Waals surface area contributed by atoms with E-state index in [0.717, 1.165) is 12.2 Å². The highest BCUT2D eigenvalue weighted by Gasteiger charge is 2.08. The highest BCUT2D eigenvalue weighted by atomic mass is 16.5. The Balaban J connectivity index is 2.20. The summed E-state index contributed by atoms with van der Waals surface area (Å²) in [5, 5.41) is 0. The Labute approximate surface area is 119 Å². The molecule has 0 fully saturated rings. The Morgan fingerprint density at radius 2 is 1.70 bits per heavy atom. The molecule has 0 aliphatic rings. The lowest BCUT2D eigenvalue weighted by molar-refractivity contribution is 0.318. The Morgan fingerprint density at radius 1 is 1.00 bits per heavy atom. The second kappa shape index (κ2) is 6.70. The van der Waals surface area contributed by atoms with Crippen molar-refractivity contribution in [3.63, 3.8) is 0 Å². The molecule has 106 valence electrons. The van der Waals surface area contributed by atoms with Gasteiger partial charge in [0, 0.05) is 6.07 Å². The van der Waals surface area contributed by atoms with Gasteiger partial charge < -0.3 is 19.9 Å².